The van der Waals surface area contributed by atoms with Crippen molar-refractivity contribution in [3.8, 4) is 0 Å². The summed E-state index contributed by atoms with van der Waals surface area (Å²) in [6.07, 6.45) is 2.33. The number of nitrogens with one attached hydrogen (secondary N) is 1. The molecule has 92 valence electrons. The zero-order valence-electron chi connectivity index (χ0n) is 9.01. The number of hydrogen-bond donors (Lipinski definition) is 2. The highest BCUT2D eigenvalue weighted by molar-refractivity contribution is 7.80. The van der Waals surface area contributed by atoms with Crippen LogP contribution in [-0.4, -0.2) is 11.3 Å². The van der Waals surface area contributed by atoms with Gasteiger partial charge in [0.05, 0.1) is 17.2 Å². The summed E-state index contributed by atoms with van der Waals surface area (Å²) in [6.45, 7) is 0. The molecule has 3 N–H and O–H groups in total. The highest BCUT2D eigenvalue weighted by Gasteiger charge is 2.08. The maximum Gasteiger partial charge on any atom is 0.201 e. The van der Waals surface area contributed by atoms with Crippen molar-refractivity contribution in [2.75, 3.05) is 0 Å². The lowest BCUT2D eigenvalue weighted by atomic mass is 10.2. The first-order valence-electron chi connectivity index (χ1n) is 4.88. The van der Waals surface area contributed by atoms with Gasteiger partial charge in [0.2, 0.25) is 5.43 Å². The van der Waals surface area contributed by atoms with E-state index in [1.165, 1.54) is 24.4 Å². The molecule has 1 aromatic heterocycles. The third kappa shape index (κ3) is 2.35. The number of fused-ring (bicyclic) bond motifs is 1. The average Bonchev–Trinajstić information content (AvgIpc) is 2.32. The van der Waals surface area contributed by atoms with Gasteiger partial charge in [-0.1, -0.05) is 6.07 Å². The SMILES string of the molecule is NC(=S)N/N=C/c1coc2c(F)cccc2c1=O. The van der Waals surface area contributed by atoms with Gasteiger partial charge in [-0.05, 0) is 24.4 Å². The fourth-order valence-corrected chi connectivity index (χ4v) is 1.45. The van der Waals surface area contributed by atoms with Crippen LogP contribution in [0.3, 0.4) is 0 Å². The number of benzene rings is 1. The van der Waals surface area contributed by atoms with Crippen molar-refractivity contribution in [2.24, 2.45) is 10.8 Å². The Morgan fingerprint density at radius 1 is 1.56 bits per heavy atom. The van der Waals surface area contributed by atoms with Gasteiger partial charge in [-0.2, -0.15) is 5.10 Å². The molecule has 0 aliphatic carbocycles. The number of para-hydroxylation sites is 1. The molecule has 0 aliphatic heterocycles. The van der Waals surface area contributed by atoms with Gasteiger partial charge in [0, 0.05) is 0 Å². The van der Waals surface area contributed by atoms with Crippen molar-refractivity contribution in [1.29, 1.82) is 0 Å². The van der Waals surface area contributed by atoms with Crippen LogP contribution < -0.4 is 16.6 Å². The van der Waals surface area contributed by atoms with E-state index >= 15 is 0 Å². The van der Waals surface area contributed by atoms with E-state index in [0.29, 0.717) is 0 Å². The Labute approximate surface area is 106 Å². The summed E-state index contributed by atoms with van der Waals surface area (Å²) in [5.41, 5.74) is 7.16. The molecule has 0 bridgehead atoms. The van der Waals surface area contributed by atoms with Gasteiger partial charge in [0.15, 0.2) is 16.5 Å². The molecule has 18 heavy (non-hydrogen) atoms. The van der Waals surface area contributed by atoms with Crippen molar-refractivity contribution in [2.45, 2.75) is 0 Å². The molecule has 0 amide bonds. The fraction of sp³-hybridized carbons (Fsp3) is 0. The molecule has 2 rings (SSSR count). The molecule has 0 fully saturated rings. The van der Waals surface area contributed by atoms with Gasteiger partial charge < -0.3 is 10.2 Å². The summed E-state index contributed by atoms with van der Waals surface area (Å²) in [5.74, 6) is -0.589. The van der Waals surface area contributed by atoms with Crippen molar-refractivity contribution in [3.05, 3.63) is 46.1 Å². The molecule has 2 aromatic rings. The third-order valence-corrected chi connectivity index (χ3v) is 2.25. The molecule has 1 heterocycles. The first-order chi connectivity index (χ1) is 8.59. The van der Waals surface area contributed by atoms with E-state index in [2.05, 4.69) is 22.7 Å². The Bertz CT molecular complexity index is 696. The van der Waals surface area contributed by atoms with Gasteiger partial charge in [-0.3, -0.25) is 10.2 Å². The topological polar surface area (TPSA) is 80.6 Å². The van der Waals surface area contributed by atoms with E-state index in [4.69, 9.17) is 10.2 Å². The summed E-state index contributed by atoms with van der Waals surface area (Å²) in [6, 6.07) is 4.12. The summed E-state index contributed by atoms with van der Waals surface area (Å²) < 4.78 is 18.4. The molecule has 0 atom stereocenters. The second-order valence-corrected chi connectivity index (χ2v) is 3.81. The van der Waals surface area contributed by atoms with E-state index in [0.717, 1.165) is 6.26 Å². The van der Waals surface area contributed by atoms with Crippen LogP contribution in [0.15, 0.2) is 38.8 Å². The molecular formula is C11H8FN3O2S. The Morgan fingerprint density at radius 2 is 2.33 bits per heavy atom. The lowest BCUT2D eigenvalue weighted by Gasteiger charge is -1.99. The monoisotopic (exact) mass is 265 g/mol. The predicted octanol–water partition coefficient (Wildman–Crippen LogP) is 1.10. The zero-order valence-corrected chi connectivity index (χ0v) is 9.83. The smallest absolute Gasteiger partial charge is 0.201 e. The van der Waals surface area contributed by atoms with Crippen LogP contribution >= 0.6 is 12.2 Å². The normalized spacial score (nSPS) is 10.9. The molecule has 0 saturated heterocycles. The molecule has 1 aromatic carbocycles. The van der Waals surface area contributed by atoms with Crippen LogP contribution in [0.4, 0.5) is 4.39 Å². The van der Waals surface area contributed by atoms with Gasteiger partial charge in [0.1, 0.15) is 6.26 Å². The standard InChI is InChI=1S/C11H8FN3O2S/c12-8-3-1-2-7-9(16)6(5-17-10(7)8)4-14-15-11(13)18/h1-5H,(H3,13,15,18)/b14-4+. The second kappa shape index (κ2) is 4.92. The molecule has 5 nitrogen and oxygen atoms in total. The molecular weight excluding hydrogens is 257 g/mol. The van der Waals surface area contributed by atoms with E-state index < -0.39 is 5.82 Å². The number of nitrogens with zero attached hydrogens (tertiary/aromatic N) is 1. The van der Waals surface area contributed by atoms with E-state index in [1.807, 2.05) is 0 Å². The predicted molar refractivity (Wildman–Crippen MR) is 70.0 cm³/mol. The number of halogens is 1. The molecule has 0 saturated carbocycles. The Morgan fingerprint density at radius 3 is 3.06 bits per heavy atom. The van der Waals surface area contributed by atoms with Crippen LogP contribution in [0, 0.1) is 5.82 Å². The Balaban J connectivity index is 2.49. The summed E-state index contributed by atoms with van der Waals surface area (Å²) in [7, 11) is 0. The maximum absolute atomic E-state index is 13.3. The lowest BCUT2D eigenvalue weighted by Crippen LogP contribution is -2.24. The highest BCUT2D eigenvalue weighted by Crippen LogP contribution is 2.14. The third-order valence-electron chi connectivity index (χ3n) is 2.16. The largest absolute Gasteiger partial charge is 0.460 e. The number of hydrazone groups is 1. The minimum absolute atomic E-state index is 0.0255. The van der Waals surface area contributed by atoms with Crippen LogP contribution in [0.5, 0.6) is 0 Å². The highest BCUT2D eigenvalue weighted by atomic mass is 32.1. The van der Waals surface area contributed by atoms with Crippen molar-refractivity contribution in [3.63, 3.8) is 0 Å². The summed E-state index contributed by atoms with van der Waals surface area (Å²) in [4.78, 5) is 11.9. The summed E-state index contributed by atoms with van der Waals surface area (Å²) in [5, 5.41) is 3.76. The van der Waals surface area contributed by atoms with Crippen LogP contribution in [-0.2, 0) is 0 Å². The van der Waals surface area contributed by atoms with Crippen molar-refractivity contribution in [1.82, 2.24) is 5.43 Å². The average molecular weight is 265 g/mol. The van der Waals surface area contributed by atoms with Gasteiger partial charge in [-0.25, -0.2) is 4.39 Å². The van der Waals surface area contributed by atoms with Crippen LogP contribution in [0.2, 0.25) is 0 Å². The maximum atomic E-state index is 13.3. The van der Waals surface area contributed by atoms with Crippen LogP contribution in [0.1, 0.15) is 5.56 Å². The molecule has 0 spiro atoms. The van der Waals surface area contributed by atoms with E-state index in [1.54, 1.807) is 0 Å². The number of nitrogens with two attached hydrogens (primary N) is 1. The molecule has 0 radical (unpaired) electrons. The Hall–Kier alpha value is -2.28. The number of hydrogen-bond acceptors (Lipinski definition) is 4. The minimum atomic E-state index is -0.589. The zero-order chi connectivity index (χ0) is 13.1. The molecule has 0 unspecified atom stereocenters. The Kier molecular flexibility index (Phi) is 3.33. The summed E-state index contributed by atoms with van der Waals surface area (Å²) >= 11 is 4.54. The minimum Gasteiger partial charge on any atom is -0.460 e. The first kappa shape index (κ1) is 12.2. The van der Waals surface area contributed by atoms with Crippen molar-refractivity contribution < 1.29 is 8.81 Å². The number of rotatable bonds is 2. The first-order valence-corrected chi connectivity index (χ1v) is 5.29. The van der Waals surface area contributed by atoms with Gasteiger partial charge in [-0.15, -0.1) is 0 Å². The number of thiocarbonyl (C=S) groups is 1. The molecule has 0 aliphatic rings. The second-order valence-electron chi connectivity index (χ2n) is 3.37. The van der Waals surface area contributed by atoms with Crippen LogP contribution in [0.25, 0.3) is 11.0 Å². The quantitative estimate of drug-likeness (QED) is 0.483. The molecule has 7 heteroatoms. The van der Waals surface area contributed by atoms with E-state index in [9.17, 15) is 9.18 Å². The lowest BCUT2D eigenvalue weighted by molar-refractivity contribution is 0.550. The van der Waals surface area contributed by atoms with Crippen molar-refractivity contribution >= 4 is 34.5 Å². The fourth-order valence-electron chi connectivity index (χ4n) is 1.39. The van der Waals surface area contributed by atoms with E-state index in [-0.39, 0.29) is 27.1 Å². The van der Waals surface area contributed by atoms with Gasteiger partial charge in [0.25, 0.3) is 0 Å². The van der Waals surface area contributed by atoms with Gasteiger partial charge >= 0.3 is 0 Å².